The summed E-state index contributed by atoms with van der Waals surface area (Å²) < 4.78 is 18.6. The number of nitrogens with zero attached hydrogens (tertiary/aromatic N) is 1. The molecular weight excluding hydrogens is 213 g/mol. The summed E-state index contributed by atoms with van der Waals surface area (Å²) in [5.41, 5.74) is 0.424. The van der Waals surface area contributed by atoms with Crippen molar-refractivity contribution in [1.29, 1.82) is 0 Å². The average Bonchev–Trinajstić information content (AvgIpc) is 2.15. The standard InChI is InChI=1S/C8H9NO3S.Na/c10-8(9-6-13(11)12)7-4-2-1-3-5-7;/h1-5H,6H2,(H,9,10)(H,11,12);/q;+1/p-1. The van der Waals surface area contributed by atoms with Gasteiger partial charge in [0.15, 0.2) is 11.1 Å². The summed E-state index contributed by atoms with van der Waals surface area (Å²) in [7, 11) is 0. The van der Waals surface area contributed by atoms with Gasteiger partial charge < -0.3 is 9.66 Å². The summed E-state index contributed by atoms with van der Waals surface area (Å²) in [6.45, 7) is 0. The minimum Gasteiger partial charge on any atom is -0.858 e. The van der Waals surface area contributed by atoms with Crippen LogP contribution < -0.4 is 34.7 Å². The molecule has 6 heteroatoms. The molecule has 70 valence electrons. The molecule has 1 atom stereocenters. The molecule has 0 aromatic heterocycles. The molecule has 0 saturated carbocycles. The van der Waals surface area contributed by atoms with Crippen molar-refractivity contribution in [2.75, 3.05) is 5.88 Å². The largest absolute Gasteiger partial charge is 1.00 e. The summed E-state index contributed by atoms with van der Waals surface area (Å²) in [6, 6.07) is 8.40. The minimum absolute atomic E-state index is 0. The summed E-state index contributed by atoms with van der Waals surface area (Å²) in [6.07, 6.45) is 0. The Labute approximate surface area is 107 Å². The Bertz CT molecular complexity index is 329. The summed E-state index contributed by atoms with van der Waals surface area (Å²) in [5, 5.41) is 11.1. The quantitative estimate of drug-likeness (QED) is 0.255. The van der Waals surface area contributed by atoms with Crippen LogP contribution in [0.25, 0.3) is 0 Å². The van der Waals surface area contributed by atoms with Crippen LogP contribution in [0, 0.1) is 0 Å². The Balaban J connectivity index is 0.00000169. The second-order valence-electron chi connectivity index (χ2n) is 2.28. The van der Waals surface area contributed by atoms with E-state index in [0.717, 1.165) is 0 Å². The monoisotopic (exact) mass is 221 g/mol. The van der Waals surface area contributed by atoms with Crippen LogP contribution in [0.15, 0.2) is 35.3 Å². The van der Waals surface area contributed by atoms with Gasteiger partial charge in [0, 0.05) is 0 Å². The van der Waals surface area contributed by atoms with E-state index in [0.29, 0.717) is 5.56 Å². The number of hydrogen-bond acceptors (Lipinski definition) is 3. The van der Waals surface area contributed by atoms with E-state index in [4.69, 9.17) is 4.55 Å². The maximum Gasteiger partial charge on any atom is 1.00 e. The zero-order valence-electron chi connectivity index (χ0n) is 7.71. The summed E-state index contributed by atoms with van der Waals surface area (Å²) in [5.74, 6) is -0.837. The van der Waals surface area contributed by atoms with Crippen LogP contribution in [-0.2, 0) is 11.1 Å². The van der Waals surface area contributed by atoms with Gasteiger partial charge in [0.25, 0.3) is 0 Å². The zero-order valence-corrected chi connectivity index (χ0v) is 10.5. The van der Waals surface area contributed by atoms with Gasteiger partial charge in [-0.25, -0.2) is 4.21 Å². The van der Waals surface area contributed by atoms with Crippen LogP contribution in [0.5, 0.6) is 0 Å². The second kappa shape index (κ2) is 7.14. The van der Waals surface area contributed by atoms with Gasteiger partial charge in [-0.05, 0) is 11.5 Å². The van der Waals surface area contributed by atoms with Gasteiger partial charge in [0.1, 0.15) is 5.88 Å². The molecule has 0 amide bonds. The van der Waals surface area contributed by atoms with Crippen molar-refractivity contribution in [3.05, 3.63) is 35.9 Å². The fourth-order valence-electron chi connectivity index (χ4n) is 0.786. The van der Waals surface area contributed by atoms with Crippen molar-refractivity contribution in [3.8, 4) is 0 Å². The van der Waals surface area contributed by atoms with Crippen molar-refractivity contribution in [2.45, 2.75) is 0 Å². The number of rotatable bonds is 3. The van der Waals surface area contributed by atoms with Crippen molar-refractivity contribution in [3.63, 3.8) is 0 Å². The van der Waals surface area contributed by atoms with Crippen molar-refractivity contribution >= 4 is 17.0 Å². The van der Waals surface area contributed by atoms with E-state index in [1.54, 1.807) is 30.3 Å². The topological polar surface area (TPSA) is 72.7 Å². The molecule has 1 aromatic rings. The molecule has 0 heterocycles. The maximum absolute atomic E-state index is 11.1. The van der Waals surface area contributed by atoms with E-state index in [9.17, 15) is 9.32 Å². The molecule has 1 rings (SSSR count). The van der Waals surface area contributed by atoms with Gasteiger partial charge >= 0.3 is 29.6 Å². The van der Waals surface area contributed by atoms with Crippen LogP contribution in [0.3, 0.4) is 0 Å². The molecule has 14 heavy (non-hydrogen) atoms. The predicted octanol–water partition coefficient (Wildman–Crippen LogP) is -3.02. The Morgan fingerprint density at radius 3 is 2.50 bits per heavy atom. The Morgan fingerprint density at radius 1 is 1.43 bits per heavy atom. The molecule has 1 aromatic carbocycles. The Morgan fingerprint density at radius 2 is 2.00 bits per heavy atom. The molecule has 0 spiro atoms. The first-order valence-corrected chi connectivity index (χ1v) is 4.82. The molecule has 0 bridgehead atoms. The van der Waals surface area contributed by atoms with Gasteiger partial charge in [-0.3, -0.25) is 4.99 Å². The van der Waals surface area contributed by atoms with E-state index < -0.39 is 17.0 Å². The van der Waals surface area contributed by atoms with Gasteiger partial charge in [0.05, 0.1) is 0 Å². The number of benzene rings is 1. The van der Waals surface area contributed by atoms with Crippen LogP contribution in [0.4, 0.5) is 0 Å². The first-order valence-electron chi connectivity index (χ1n) is 3.54. The van der Waals surface area contributed by atoms with Crippen molar-refractivity contribution in [2.24, 2.45) is 4.99 Å². The second-order valence-corrected chi connectivity index (χ2v) is 3.18. The first kappa shape index (κ1) is 13.8. The van der Waals surface area contributed by atoms with Crippen molar-refractivity contribution < 1.29 is 43.4 Å². The molecule has 0 aliphatic carbocycles. The normalized spacial score (nSPS) is 13.1. The number of aliphatic imine (C=N–C) groups is 1. The first-order chi connectivity index (χ1) is 6.20. The van der Waals surface area contributed by atoms with E-state index in [2.05, 4.69) is 4.99 Å². The minimum atomic E-state index is -2.05. The third kappa shape index (κ3) is 4.88. The van der Waals surface area contributed by atoms with Crippen LogP contribution in [-0.4, -0.2) is 20.5 Å². The van der Waals surface area contributed by atoms with Crippen molar-refractivity contribution in [1.82, 2.24) is 0 Å². The van der Waals surface area contributed by atoms with Gasteiger partial charge in [-0.15, -0.1) is 0 Å². The summed E-state index contributed by atoms with van der Waals surface area (Å²) >= 11 is -2.05. The average molecular weight is 221 g/mol. The van der Waals surface area contributed by atoms with Crippen LogP contribution in [0.2, 0.25) is 0 Å². The molecule has 0 aliphatic rings. The third-order valence-electron chi connectivity index (χ3n) is 1.34. The fraction of sp³-hybridized carbons (Fsp3) is 0.125. The van der Waals surface area contributed by atoms with E-state index >= 15 is 0 Å². The fourth-order valence-corrected chi connectivity index (χ4v) is 1.01. The van der Waals surface area contributed by atoms with E-state index in [-0.39, 0.29) is 35.4 Å². The Hall–Kier alpha value is -0.200. The van der Waals surface area contributed by atoms with Gasteiger partial charge in [0.2, 0.25) is 0 Å². The third-order valence-corrected chi connectivity index (χ3v) is 1.69. The zero-order chi connectivity index (χ0) is 9.68. The molecule has 0 radical (unpaired) electrons. The van der Waals surface area contributed by atoms with Crippen LogP contribution >= 0.6 is 0 Å². The predicted molar refractivity (Wildman–Crippen MR) is 48.6 cm³/mol. The maximum atomic E-state index is 11.1. The molecule has 4 nitrogen and oxygen atoms in total. The van der Waals surface area contributed by atoms with E-state index in [1.165, 1.54) is 0 Å². The molecule has 0 fully saturated rings. The van der Waals surface area contributed by atoms with Crippen LogP contribution in [0.1, 0.15) is 5.56 Å². The molecule has 1 N–H and O–H groups in total. The van der Waals surface area contributed by atoms with E-state index in [1.807, 2.05) is 0 Å². The number of hydrogen-bond donors (Lipinski definition) is 1. The molecule has 1 unspecified atom stereocenters. The Kier molecular flexibility index (Phi) is 7.04. The smallest absolute Gasteiger partial charge is 0.858 e. The molecule has 0 saturated heterocycles. The molecular formula is C8H8NNaO3S. The summed E-state index contributed by atoms with van der Waals surface area (Å²) in [4.78, 5) is 3.40. The van der Waals surface area contributed by atoms with Gasteiger partial charge in [-0.2, -0.15) is 0 Å². The van der Waals surface area contributed by atoms with Gasteiger partial charge in [-0.1, -0.05) is 30.3 Å². The SMILES string of the molecule is O=S(O)CN=C([O-])c1ccccc1.[Na+]. The molecule has 0 aliphatic heterocycles.